The largest absolute Gasteiger partial charge is 0.457 e. The lowest BCUT2D eigenvalue weighted by atomic mass is 10.0. The van der Waals surface area contributed by atoms with Gasteiger partial charge in [0.1, 0.15) is 35.1 Å². The fourth-order valence-corrected chi connectivity index (χ4v) is 9.30. The number of urea groups is 2. The Kier molecular flexibility index (Phi) is 15.8. The van der Waals surface area contributed by atoms with E-state index in [0.29, 0.717) is 23.0 Å². The number of H-pyrrole nitrogens is 2. The molecule has 0 aliphatic carbocycles. The minimum Gasteiger partial charge on any atom is -0.457 e. The van der Waals surface area contributed by atoms with Crippen LogP contribution in [0.25, 0.3) is 21.8 Å². The Morgan fingerprint density at radius 2 is 0.909 bits per heavy atom. The molecule has 10 N–H and O–H groups in total. The van der Waals surface area contributed by atoms with Crippen molar-refractivity contribution in [3.05, 3.63) is 204 Å². The van der Waals surface area contributed by atoms with E-state index in [-0.39, 0.29) is 56.1 Å². The molecule has 4 atom stereocenters. The second kappa shape index (κ2) is 23.3. The second-order valence-corrected chi connectivity index (χ2v) is 18.5. The molecule has 10 rings (SSSR count). The molecule has 0 saturated carbocycles. The summed E-state index contributed by atoms with van der Waals surface area (Å²) in [5.74, 6) is 0.0585. The summed E-state index contributed by atoms with van der Waals surface area (Å²) >= 11 is 0. The van der Waals surface area contributed by atoms with Crippen LogP contribution in [0.2, 0.25) is 0 Å². The molecule has 392 valence electrons. The molecule has 4 heterocycles. The lowest BCUT2D eigenvalue weighted by molar-refractivity contribution is -0.145. The minimum atomic E-state index is -1.09. The van der Waals surface area contributed by atoms with Crippen LogP contribution < -0.4 is 31.6 Å². The Balaban J connectivity index is 0.00000722. The molecule has 6 aromatic carbocycles. The molecule has 2 fully saturated rings. The predicted molar refractivity (Wildman–Crippen MR) is 284 cm³/mol. The number of ether oxygens (including phenoxy) is 4. The highest BCUT2D eigenvalue weighted by molar-refractivity contribution is 6.05. The zero-order chi connectivity index (χ0) is 52.7. The molecule has 2 saturated heterocycles. The monoisotopic (exact) mass is 1040 g/mol. The Morgan fingerprint density at radius 1 is 0.506 bits per heavy atom. The maximum absolute atomic E-state index is 13.5. The maximum atomic E-state index is 13.5. The van der Waals surface area contributed by atoms with E-state index in [0.717, 1.165) is 67.3 Å². The van der Waals surface area contributed by atoms with Gasteiger partial charge in [0.2, 0.25) is 0 Å². The molecule has 0 radical (unpaired) electrons. The van der Waals surface area contributed by atoms with E-state index in [1.165, 1.54) is 9.80 Å². The number of rotatable bonds is 20. The number of carbonyl (C=O) groups excluding carboxylic acids is 6. The first-order valence-electron chi connectivity index (χ1n) is 24.5. The molecular weight excluding hydrogens is 985 g/mol. The zero-order valence-electron chi connectivity index (χ0n) is 41.3. The van der Waals surface area contributed by atoms with E-state index in [1.54, 1.807) is 36.7 Å². The number of para-hydroxylation sites is 2. The van der Waals surface area contributed by atoms with Crippen molar-refractivity contribution >= 4 is 57.6 Å². The van der Waals surface area contributed by atoms with Crippen LogP contribution in [0.1, 0.15) is 33.4 Å². The molecule has 8 aromatic rings. The van der Waals surface area contributed by atoms with Crippen LogP contribution in [0, 0.1) is 0 Å². The van der Waals surface area contributed by atoms with Crippen LogP contribution in [-0.4, -0.2) is 85.6 Å². The first-order chi connectivity index (χ1) is 36.9. The van der Waals surface area contributed by atoms with Gasteiger partial charge >= 0.3 is 24.0 Å². The fraction of sp³-hybridized carbons (Fsp3) is 0.172. The third-order valence-corrected chi connectivity index (χ3v) is 12.9. The van der Waals surface area contributed by atoms with Crippen molar-refractivity contribution in [3.63, 3.8) is 0 Å². The lowest BCUT2D eigenvalue weighted by Crippen LogP contribution is -2.32. The Morgan fingerprint density at radius 3 is 1.32 bits per heavy atom. The third kappa shape index (κ3) is 12.7. The fourth-order valence-electron chi connectivity index (χ4n) is 9.30. The number of aromatic amines is 2. The van der Waals surface area contributed by atoms with Gasteiger partial charge in [-0.05, 0) is 106 Å². The van der Waals surface area contributed by atoms with Crippen LogP contribution in [0.4, 0.5) is 9.59 Å². The quantitative estimate of drug-likeness (QED) is 0.0201. The first kappa shape index (κ1) is 52.3. The van der Waals surface area contributed by atoms with Gasteiger partial charge in [0.25, 0.3) is 11.8 Å². The Labute approximate surface area is 441 Å². The highest BCUT2D eigenvalue weighted by Crippen LogP contribution is 2.28. The predicted octanol–water partition coefficient (Wildman–Crippen LogP) is 6.73. The van der Waals surface area contributed by atoms with Gasteiger partial charge in [0.05, 0.1) is 13.1 Å². The van der Waals surface area contributed by atoms with Gasteiger partial charge < -0.3 is 45.0 Å². The van der Waals surface area contributed by atoms with Gasteiger partial charge in [-0.25, -0.2) is 19.2 Å². The average Bonchev–Trinajstić information content (AvgIpc) is 4.15. The van der Waals surface area contributed by atoms with E-state index in [9.17, 15) is 28.8 Å². The van der Waals surface area contributed by atoms with Crippen molar-refractivity contribution in [2.45, 2.75) is 63.3 Å². The Bertz CT molecular complexity index is 3280. The SMILES string of the molecule is NC(Cc1c[nH]c2ccc(CC3NC(=O)N(Cc4cccc(Oc5ccccc5)c4)C3=O)cc12)OC(=O)/C=C\C(=O)OC(N)Cc1c[nH]c2ccc(CC3NC(=O)N(Cc4cccc(Oc5ccccc5)c4)C3=O)cc12.O. The topological polar surface area (TPSA) is 285 Å². The van der Waals surface area contributed by atoms with E-state index >= 15 is 0 Å². The summed E-state index contributed by atoms with van der Waals surface area (Å²) in [5.41, 5.74) is 18.6. The highest BCUT2D eigenvalue weighted by Gasteiger charge is 2.39. The van der Waals surface area contributed by atoms with Crippen LogP contribution in [0.15, 0.2) is 170 Å². The number of benzene rings is 6. The van der Waals surface area contributed by atoms with Crippen molar-refractivity contribution in [2.24, 2.45) is 11.5 Å². The van der Waals surface area contributed by atoms with Gasteiger partial charge in [0.15, 0.2) is 12.5 Å². The molecule has 19 nitrogen and oxygen atoms in total. The number of nitrogens with two attached hydrogens (primary N) is 2. The molecular formula is C58H54N8O11. The first-order valence-corrected chi connectivity index (χ1v) is 24.5. The number of fused-ring (bicyclic) bond motifs is 2. The molecule has 6 amide bonds. The minimum absolute atomic E-state index is 0. The van der Waals surface area contributed by atoms with E-state index in [1.807, 2.05) is 121 Å². The molecule has 77 heavy (non-hydrogen) atoms. The summed E-state index contributed by atoms with van der Waals surface area (Å²) in [6.07, 6.45) is 3.87. The molecule has 19 heteroatoms. The normalized spacial score (nSPS) is 16.1. The number of hydrogen-bond acceptors (Lipinski definition) is 12. The lowest BCUT2D eigenvalue weighted by Gasteiger charge is -2.14. The number of esters is 2. The average molecular weight is 1040 g/mol. The number of nitrogens with zero attached hydrogens (tertiary/aromatic N) is 2. The van der Waals surface area contributed by atoms with Crippen LogP contribution in [0.5, 0.6) is 23.0 Å². The maximum Gasteiger partial charge on any atom is 0.332 e. The summed E-state index contributed by atoms with van der Waals surface area (Å²) < 4.78 is 22.6. The standard InChI is InChI=1S/C58H52N8O10.H2O/c59-51(29-39-31-61-47-19-17-35(25-45(39)47)27-49-55(69)65(57(71)63-49)33-37-9-7-15-43(23-37)73-41-11-3-1-4-12-41)75-53(67)21-22-54(68)76-52(60)30-40-32-62-48-20-18-36(26-46(40)48)28-50-56(70)66(58(72)64-50)34-38-10-8-16-44(24-38)74-42-13-5-2-6-14-42;/h1-26,31-32,49-52,61-62H,27-30,33-34,59-60H2,(H,63,71)(H,64,72);1H2/b22-21-;. The smallest absolute Gasteiger partial charge is 0.332 e. The Hall–Kier alpha value is -9.56. The molecule has 0 bridgehead atoms. The van der Waals surface area contributed by atoms with Crippen molar-refractivity contribution in [3.8, 4) is 23.0 Å². The van der Waals surface area contributed by atoms with E-state index < -0.39 is 48.5 Å². The van der Waals surface area contributed by atoms with E-state index in [4.69, 9.17) is 30.4 Å². The summed E-state index contributed by atoms with van der Waals surface area (Å²) in [5, 5.41) is 7.20. The van der Waals surface area contributed by atoms with Gasteiger partial charge in [-0.3, -0.25) is 30.9 Å². The van der Waals surface area contributed by atoms with Crippen LogP contribution in [0.3, 0.4) is 0 Å². The third-order valence-electron chi connectivity index (χ3n) is 12.9. The number of hydrogen-bond donors (Lipinski definition) is 6. The number of aromatic nitrogens is 2. The zero-order valence-corrected chi connectivity index (χ0v) is 41.3. The van der Waals surface area contributed by atoms with Gasteiger partial charge in [-0.15, -0.1) is 0 Å². The summed E-state index contributed by atoms with van der Waals surface area (Å²) in [6, 6.07) is 41.8. The number of imide groups is 2. The van der Waals surface area contributed by atoms with Gasteiger partial charge in [-0.1, -0.05) is 72.8 Å². The summed E-state index contributed by atoms with van der Waals surface area (Å²) in [4.78, 5) is 87.3. The second-order valence-electron chi connectivity index (χ2n) is 18.5. The van der Waals surface area contributed by atoms with Crippen molar-refractivity contribution in [1.82, 2.24) is 30.4 Å². The number of nitrogens with one attached hydrogen (secondary N) is 4. The molecule has 2 aliphatic heterocycles. The molecule has 4 unspecified atom stereocenters. The van der Waals surface area contributed by atoms with Crippen LogP contribution in [-0.2, 0) is 67.4 Å². The molecule has 0 spiro atoms. The van der Waals surface area contributed by atoms with Gasteiger partial charge in [-0.2, -0.15) is 0 Å². The summed E-state index contributed by atoms with van der Waals surface area (Å²) in [7, 11) is 0. The number of amides is 6. The van der Waals surface area contributed by atoms with Crippen LogP contribution >= 0.6 is 0 Å². The van der Waals surface area contributed by atoms with Gasteiger partial charge in [0, 0.05) is 72.0 Å². The summed E-state index contributed by atoms with van der Waals surface area (Å²) in [6.45, 7) is 0.149. The highest BCUT2D eigenvalue weighted by atomic mass is 16.6. The number of carbonyl (C=O) groups is 6. The van der Waals surface area contributed by atoms with Crippen molar-refractivity contribution in [2.75, 3.05) is 0 Å². The van der Waals surface area contributed by atoms with Crippen molar-refractivity contribution in [1.29, 1.82) is 0 Å². The van der Waals surface area contributed by atoms with E-state index in [2.05, 4.69) is 20.6 Å². The van der Waals surface area contributed by atoms with Crippen molar-refractivity contribution < 1.29 is 53.2 Å². The molecule has 2 aromatic heterocycles. The molecule has 2 aliphatic rings.